The molecule has 0 spiro atoms. The Kier molecular flexibility index (Phi) is 4.35. The maximum atomic E-state index is 13.0. The standard InChI is InChI=1S/C20H13N3O3S/c24-20-18(13-17-7-4-12-27-17)19(14-5-2-1-3-6-14)21-22(20)15-8-10-16(11-9-15)23(25)26/h1-13H/b18-13-. The van der Waals surface area contributed by atoms with Gasteiger partial charge in [-0.05, 0) is 29.7 Å². The molecule has 0 bridgehead atoms. The number of nitro groups is 1. The van der Waals surface area contributed by atoms with E-state index in [2.05, 4.69) is 5.10 Å². The van der Waals surface area contributed by atoms with Gasteiger partial charge >= 0.3 is 0 Å². The smallest absolute Gasteiger partial charge is 0.267 e. The van der Waals surface area contributed by atoms with Crippen LogP contribution < -0.4 is 5.01 Å². The van der Waals surface area contributed by atoms with Crippen molar-refractivity contribution in [2.24, 2.45) is 5.10 Å². The molecule has 1 aliphatic heterocycles. The van der Waals surface area contributed by atoms with Gasteiger partial charge in [0.15, 0.2) is 0 Å². The molecule has 0 atom stereocenters. The highest BCUT2D eigenvalue weighted by Crippen LogP contribution is 2.29. The van der Waals surface area contributed by atoms with Crippen LogP contribution in [-0.2, 0) is 4.79 Å². The van der Waals surface area contributed by atoms with Crippen molar-refractivity contribution < 1.29 is 9.72 Å². The molecule has 6 nitrogen and oxygen atoms in total. The second-order valence-electron chi connectivity index (χ2n) is 5.78. The molecule has 2 heterocycles. The van der Waals surface area contributed by atoms with Crippen molar-refractivity contribution in [1.29, 1.82) is 0 Å². The third-order valence-electron chi connectivity index (χ3n) is 4.06. The molecule has 0 fully saturated rings. The zero-order valence-corrected chi connectivity index (χ0v) is 14.8. The van der Waals surface area contributed by atoms with E-state index < -0.39 is 4.92 Å². The Balaban J connectivity index is 1.78. The number of hydrogen-bond acceptors (Lipinski definition) is 5. The molecule has 1 aromatic heterocycles. The first-order chi connectivity index (χ1) is 13.1. The number of rotatable bonds is 4. The van der Waals surface area contributed by atoms with Crippen LogP contribution in [0.4, 0.5) is 11.4 Å². The lowest BCUT2D eigenvalue weighted by Gasteiger charge is -2.10. The van der Waals surface area contributed by atoms with Crippen LogP contribution in [-0.4, -0.2) is 16.5 Å². The first-order valence-electron chi connectivity index (χ1n) is 8.12. The highest BCUT2D eigenvalue weighted by atomic mass is 32.1. The van der Waals surface area contributed by atoms with E-state index in [4.69, 9.17) is 0 Å². The summed E-state index contributed by atoms with van der Waals surface area (Å²) in [5.74, 6) is -0.267. The van der Waals surface area contributed by atoms with Gasteiger partial charge in [-0.25, -0.2) is 0 Å². The second kappa shape index (κ2) is 6.97. The Morgan fingerprint density at radius 3 is 2.37 bits per heavy atom. The van der Waals surface area contributed by atoms with Crippen LogP contribution in [0, 0.1) is 10.1 Å². The zero-order chi connectivity index (χ0) is 18.8. The van der Waals surface area contributed by atoms with Gasteiger partial charge in [-0.15, -0.1) is 11.3 Å². The van der Waals surface area contributed by atoms with Crippen LogP contribution in [0.2, 0.25) is 0 Å². The summed E-state index contributed by atoms with van der Waals surface area (Å²) in [5, 5.41) is 18.6. The molecule has 0 saturated carbocycles. The van der Waals surface area contributed by atoms with Crippen molar-refractivity contribution in [3.05, 3.63) is 98.2 Å². The molecule has 3 aromatic rings. The monoisotopic (exact) mass is 375 g/mol. The fraction of sp³-hybridized carbons (Fsp3) is 0. The van der Waals surface area contributed by atoms with Gasteiger partial charge < -0.3 is 0 Å². The summed E-state index contributed by atoms with van der Waals surface area (Å²) >= 11 is 1.53. The lowest BCUT2D eigenvalue weighted by atomic mass is 10.0. The molecule has 0 radical (unpaired) electrons. The Bertz CT molecular complexity index is 1060. The molecule has 7 heteroatoms. The van der Waals surface area contributed by atoms with E-state index in [0.717, 1.165) is 10.4 Å². The number of thiophene rings is 1. The van der Waals surface area contributed by atoms with E-state index in [1.54, 1.807) is 0 Å². The normalized spacial score (nSPS) is 15.3. The number of non-ortho nitro benzene ring substituents is 1. The van der Waals surface area contributed by atoms with Gasteiger partial charge in [0.1, 0.15) is 5.71 Å². The highest BCUT2D eigenvalue weighted by molar-refractivity contribution is 7.10. The first-order valence-corrected chi connectivity index (χ1v) is 9.00. The van der Waals surface area contributed by atoms with Crippen LogP contribution in [0.1, 0.15) is 10.4 Å². The van der Waals surface area contributed by atoms with Crippen molar-refractivity contribution in [2.75, 3.05) is 5.01 Å². The summed E-state index contributed by atoms with van der Waals surface area (Å²) in [6.45, 7) is 0. The van der Waals surface area contributed by atoms with Crippen LogP contribution >= 0.6 is 11.3 Å². The second-order valence-corrected chi connectivity index (χ2v) is 6.76. The first kappa shape index (κ1) is 16.9. The van der Waals surface area contributed by atoms with E-state index in [-0.39, 0.29) is 11.6 Å². The third-order valence-corrected chi connectivity index (χ3v) is 4.88. The van der Waals surface area contributed by atoms with Gasteiger partial charge in [0.05, 0.1) is 16.2 Å². The Hall–Kier alpha value is -3.58. The topological polar surface area (TPSA) is 75.8 Å². The molecular formula is C20H13N3O3S. The maximum Gasteiger partial charge on any atom is 0.281 e. The number of nitro benzene ring substituents is 1. The highest BCUT2D eigenvalue weighted by Gasteiger charge is 2.32. The number of benzene rings is 2. The molecule has 1 amide bonds. The van der Waals surface area contributed by atoms with Crippen molar-refractivity contribution in [3.8, 4) is 0 Å². The van der Waals surface area contributed by atoms with Gasteiger partial charge in [-0.1, -0.05) is 36.4 Å². The molecule has 0 N–H and O–H groups in total. The lowest BCUT2D eigenvalue weighted by molar-refractivity contribution is -0.384. The minimum Gasteiger partial charge on any atom is -0.267 e. The van der Waals surface area contributed by atoms with E-state index in [9.17, 15) is 14.9 Å². The van der Waals surface area contributed by atoms with E-state index in [1.807, 2.05) is 53.9 Å². The molecule has 4 rings (SSSR count). The molecule has 27 heavy (non-hydrogen) atoms. The molecule has 0 saturated heterocycles. The van der Waals surface area contributed by atoms with Crippen molar-refractivity contribution in [1.82, 2.24) is 0 Å². The Morgan fingerprint density at radius 2 is 1.74 bits per heavy atom. The number of hydrogen-bond donors (Lipinski definition) is 0. The zero-order valence-electron chi connectivity index (χ0n) is 14.0. The fourth-order valence-corrected chi connectivity index (χ4v) is 3.42. The SMILES string of the molecule is O=C1/C(=C\c2cccs2)C(c2ccccc2)=NN1c1ccc([N+](=O)[O-])cc1. The van der Waals surface area contributed by atoms with Gasteiger partial charge in [-0.2, -0.15) is 10.1 Å². The van der Waals surface area contributed by atoms with E-state index in [0.29, 0.717) is 17.0 Å². The molecule has 132 valence electrons. The number of carbonyl (C=O) groups is 1. The summed E-state index contributed by atoms with van der Waals surface area (Å²) < 4.78 is 0. The number of carbonyl (C=O) groups excluding carboxylic acids is 1. The Morgan fingerprint density at radius 1 is 1.00 bits per heavy atom. The molecule has 0 aliphatic carbocycles. The minimum absolute atomic E-state index is 0.0352. The molecular weight excluding hydrogens is 362 g/mol. The average molecular weight is 375 g/mol. The van der Waals surface area contributed by atoms with Crippen LogP contribution in [0.5, 0.6) is 0 Å². The molecule has 2 aromatic carbocycles. The van der Waals surface area contributed by atoms with E-state index >= 15 is 0 Å². The summed E-state index contributed by atoms with van der Waals surface area (Å²) in [5.41, 5.74) is 2.34. The lowest BCUT2D eigenvalue weighted by Crippen LogP contribution is -2.21. The number of nitrogens with zero attached hydrogens (tertiary/aromatic N) is 3. The third kappa shape index (κ3) is 3.28. The number of amides is 1. The summed E-state index contributed by atoms with van der Waals surface area (Å²) in [6.07, 6.45) is 1.82. The van der Waals surface area contributed by atoms with Crippen LogP contribution in [0.25, 0.3) is 6.08 Å². The summed E-state index contributed by atoms with van der Waals surface area (Å²) in [7, 11) is 0. The number of hydrazone groups is 1. The average Bonchev–Trinajstić information content (AvgIpc) is 3.32. The minimum atomic E-state index is -0.476. The van der Waals surface area contributed by atoms with Gasteiger partial charge in [0, 0.05) is 22.6 Å². The Labute approximate surface area is 158 Å². The predicted octanol–water partition coefficient (Wildman–Crippen LogP) is 4.49. The van der Waals surface area contributed by atoms with Gasteiger partial charge in [0.2, 0.25) is 0 Å². The van der Waals surface area contributed by atoms with Crippen molar-refractivity contribution in [2.45, 2.75) is 0 Å². The summed E-state index contributed by atoms with van der Waals surface area (Å²) in [4.78, 5) is 24.4. The quantitative estimate of drug-likeness (QED) is 0.383. The fourth-order valence-electron chi connectivity index (χ4n) is 2.76. The van der Waals surface area contributed by atoms with Crippen LogP contribution in [0.15, 0.2) is 82.8 Å². The molecule has 0 unspecified atom stereocenters. The maximum absolute atomic E-state index is 13.0. The summed E-state index contributed by atoms with van der Waals surface area (Å²) in [6, 6.07) is 19.1. The van der Waals surface area contributed by atoms with Gasteiger partial charge in [-0.3, -0.25) is 14.9 Å². The van der Waals surface area contributed by atoms with Crippen molar-refractivity contribution in [3.63, 3.8) is 0 Å². The van der Waals surface area contributed by atoms with Crippen LogP contribution in [0.3, 0.4) is 0 Å². The predicted molar refractivity (Wildman–Crippen MR) is 106 cm³/mol. The largest absolute Gasteiger partial charge is 0.281 e. The molecule has 1 aliphatic rings. The number of anilines is 1. The van der Waals surface area contributed by atoms with Gasteiger partial charge in [0.25, 0.3) is 11.6 Å². The van der Waals surface area contributed by atoms with Crippen molar-refractivity contribution >= 4 is 40.4 Å². The van der Waals surface area contributed by atoms with E-state index in [1.165, 1.54) is 40.6 Å².